The van der Waals surface area contributed by atoms with Gasteiger partial charge in [-0.05, 0) is 61.8 Å². The average Bonchev–Trinajstić information content (AvgIpc) is 2.83. The molecule has 2 heteroatoms. The van der Waals surface area contributed by atoms with Crippen LogP contribution in [0.2, 0.25) is 0 Å². The first kappa shape index (κ1) is 15.5. The summed E-state index contributed by atoms with van der Waals surface area (Å²) in [6.45, 7) is 9.34. The molecule has 20 heavy (non-hydrogen) atoms. The van der Waals surface area contributed by atoms with Crippen molar-refractivity contribution in [3.05, 3.63) is 34.6 Å². The van der Waals surface area contributed by atoms with Gasteiger partial charge in [0, 0.05) is 6.04 Å². The molecule has 0 heterocycles. The van der Waals surface area contributed by atoms with E-state index in [2.05, 4.69) is 19.2 Å². The molecule has 0 amide bonds. The highest BCUT2D eigenvalue weighted by molar-refractivity contribution is 5.33. The topological polar surface area (TPSA) is 12.0 Å². The Balaban J connectivity index is 2.30. The van der Waals surface area contributed by atoms with Crippen LogP contribution in [-0.4, -0.2) is 6.54 Å². The molecule has 0 aromatic heterocycles. The van der Waals surface area contributed by atoms with E-state index in [1.165, 1.54) is 24.8 Å². The molecule has 1 aromatic carbocycles. The van der Waals surface area contributed by atoms with Crippen molar-refractivity contribution >= 4 is 0 Å². The molecular weight excluding hydrogens is 249 g/mol. The summed E-state index contributed by atoms with van der Waals surface area (Å²) in [5.41, 5.74) is 2.82. The first-order chi connectivity index (χ1) is 9.54. The molecule has 1 aliphatic carbocycles. The molecule has 2 rings (SSSR count). The Morgan fingerprint density at radius 1 is 1.25 bits per heavy atom. The maximum atomic E-state index is 13.9. The fourth-order valence-electron chi connectivity index (χ4n) is 3.64. The Bertz CT molecular complexity index is 432. The third-order valence-electron chi connectivity index (χ3n) is 4.79. The second-order valence-corrected chi connectivity index (χ2v) is 6.47. The summed E-state index contributed by atoms with van der Waals surface area (Å²) < 4.78 is 13.9. The highest BCUT2D eigenvalue weighted by atomic mass is 19.1. The first-order valence-corrected chi connectivity index (χ1v) is 8.04. The van der Waals surface area contributed by atoms with Crippen LogP contribution in [0.3, 0.4) is 0 Å². The second kappa shape index (κ2) is 6.71. The van der Waals surface area contributed by atoms with Gasteiger partial charge in [0.05, 0.1) is 0 Å². The van der Waals surface area contributed by atoms with E-state index >= 15 is 0 Å². The van der Waals surface area contributed by atoms with Crippen LogP contribution in [0.25, 0.3) is 0 Å². The number of halogens is 1. The lowest BCUT2D eigenvalue weighted by molar-refractivity contribution is 0.301. The van der Waals surface area contributed by atoms with Crippen LogP contribution in [0.15, 0.2) is 12.1 Å². The minimum Gasteiger partial charge on any atom is -0.310 e. The molecule has 1 aromatic rings. The van der Waals surface area contributed by atoms with Crippen molar-refractivity contribution in [2.75, 3.05) is 6.54 Å². The number of rotatable bonds is 5. The van der Waals surface area contributed by atoms with E-state index in [1.54, 1.807) is 0 Å². The van der Waals surface area contributed by atoms with Crippen molar-refractivity contribution in [1.82, 2.24) is 5.32 Å². The molecule has 0 radical (unpaired) electrons. The van der Waals surface area contributed by atoms with Crippen LogP contribution in [0, 0.1) is 31.5 Å². The van der Waals surface area contributed by atoms with Crippen molar-refractivity contribution in [3.63, 3.8) is 0 Å². The van der Waals surface area contributed by atoms with Gasteiger partial charge in [0.2, 0.25) is 0 Å². The zero-order chi connectivity index (χ0) is 14.7. The van der Waals surface area contributed by atoms with Crippen molar-refractivity contribution in [2.45, 2.75) is 59.4 Å². The number of aryl methyl sites for hydroxylation is 2. The molecule has 0 saturated heterocycles. The third-order valence-corrected chi connectivity index (χ3v) is 4.79. The lowest BCUT2D eigenvalue weighted by atomic mass is 9.84. The highest BCUT2D eigenvalue weighted by Gasteiger charge is 2.31. The monoisotopic (exact) mass is 277 g/mol. The van der Waals surface area contributed by atoms with Crippen LogP contribution >= 0.6 is 0 Å². The highest BCUT2D eigenvalue weighted by Crippen LogP contribution is 2.40. The molecule has 1 fully saturated rings. The van der Waals surface area contributed by atoms with Crippen LogP contribution in [0.5, 0.6) is 0 Å². The van der Waals surface area contributed by atoms with E-state index in [9.17, 15) is 4.39 Å². The quantitative estimate of drug-likeness (QED) is 0.805. The number of benzene rings is 1. The molecule has 1 N–H and O–H groups in total. The molecule has 1 saturated carbocycles. The summed E-state index contributed by atoms with van der Waals surface area (Å²) >= 11 is 0. The van der Waals surface area contributed by atoms with E-state index in [-0.39, 0.29) is 5.82 Å². The van der Waals surface area contributed by atoms with Crippen LogP contribution in [-0.2, 0) is 0 Å². The van der Waals surface area contributed by atoms with Crippen LogP contribution in [0.4, 0.5) is 4.39 Å². The summed E-state index contributed by atoms with van der Waals surface area (Å²) in [6, 6.07) is 4.46. The summed E-state index contributed by atoms with van der Waals surface area (Å²) in [7, 11) is 0. The maximum Gasteiger partial charge on any atom is 0.129 e. The van der Waals surface area contributed by atoms with Gasteiger partial charge >= 0.3 is 0 Å². The van der Waals surface area contributed by atoms with Gasteiger partial charge in [0.25, 0.3) is 0 Å². The van der Waals surface area contributed by atoms with Crippen molar-refractivity contribution < 1.29 is 4.39 Å². The zero-order valence-electron chi connectivity index (χ0n) is 13.3. The van der Waals surface area contributed by atoms with Crippen molar-refractivity contribution in [1.29, 1.82) is 0 Å². The standard InChI is InChI=1S/C18H28FN/c1-5-9-20-18(16-8-6-7-12(16)2)15-10-13(3)17(19)14(4)11-15/h10-12,16,18,20H,5-9H2,1-4H3. The lowest BCUT2D eigenvalue weighted by Gasteiger charge is -2.29. The molecule has 112 valence electrons. The van der Waals surface area contributed by atoms with Gasteiger partial charge in [-0.15, -0.1) is 0 Å². The van der Waals surface area contributed by atoms with Gasteiger partial charge in [-0.2, -0.15) is 0 Å². The van der Waals surface area contributed by atoms with Gasteiger partial charge in [0.1, 0.15) is 5.82 Å². The lowest BCUT2D eigenvalue weighted by Crippen LogP contribution is -2.30. The summed E-state index contributed by atoms with van der Waals surface area (Å²) in [6.07, 6.45) is 5.08. The Morgan fingerprint density at radius 2 is 1.90 bits per heavy atom. The maximum absolute atomic E-state index is 13.9. The molecule has 3 atom stereocenters. The Labute approximate surface area is 123 Å². The molecule has 1 aliphatic rings. The van der Waals surface area contributed by atoms with E-state index in [0.717, 1.165) is 30.0 Å². The van der Waals surface area contributed by atoms with E-state index in [4.69, 9.17) is 0 Å². The predicted octanol–water partition coefficient (Wildman–Crippen LogP) is 4.92. The van der Waals surface area contributed by atoms with Crippen LogP contribution in [0.1, 0.15) is 62.3 Å². The third kappa shape index (κ3) is 3.22. The average molecular weight is 277 g/mol. The number of nitrogens with one attached hydrogen (secondary N) is 1. The second-order valence-electron chi connectivity index (χ2n) is 6.47. The van der Waals surface area contributed by atoms with Crippen molar-refractivity contribution in [2.24, 2.45) is 11.8 Å². The van der Waals surface area contributed by atoms with Gasteiger partial charge in [0.15, 0.2) is 0 Å². The number of hydrogen-bond acceptors (Lipinski definition) is 1. The van der Waals surface area contributed by atoms with E-state index < -0.39 is 0 Å². The minimum atomic E-state index is -0.0533. The van der Waals surface area contributed by atoms with E-state index in [1.807, 2.05) is 26.0 Å². The Morgan fingerprint density at radius 3 is 2.40 bits per heavy atom. The Hall–Kier alpha value is -0.890. The summed E-state index contributed by atoms with van der Waals surface area (Å²) in [5, 5.41) is 3.71. The predicted molar refractivity (Wildman–Crippen MR) is 83.4 cm³/mol. The molecule has 0 bridgehead atoms. The molecule has 0 spiro atoms. The summed E-state index contributed by atoms with van der Waals surface area (Å²) in [4.78, 5) is 0. The summed E-state index contributed by atoms with van der Waals surface area (Å²) in [5.74, 6) is 1.39. The first-order valence-electron chi connectivity index (χ1n) is 8.04. The van der Waals surface area contributed by atoms with Gasteiger partial charge < -0.3 is 5.32 Å². The Kier molecular flexibility index (Phi) is 5.20. The smallest absolute Gasteiger partial charge is 0.129 e. The van der Waals surface area contributed by atoms with Crippen LogP contribution < -0.4 is 5.32 Å². The van der Waals surface area contributed by atoms with Gasteiger partial charge in [-0.1, -0.05) is 38.8 Å². The number of hydrogen-bond donors (Lipinski definition) is 1. The SMILES string of the molecule is CCCNC(c1cc(C)c(F)c(C)c1)C1CCCC1C. The van der Waals surface area contributed by atoms with E-state index in [0.29, 0.717) is 12.0 Å². The largest absolute Gasteiger partial charge is 0.310 e. The normalized spacial score (nSPS) is 24.1. The molecule has 3 unspecified atom stereocenters. The fourth-order valence-corrected chi connectivity index (χ4v) is 3.64. The van der Waals surface area contributed by atoms with Crippen molar-refractivity contribution in [3.8, 4) is 0 Å². The molecule has 1 nitrogen and oxygen atoms in total. The molecular formula is C18H28FN. The molecule has 0 aliphatic heterocycles. The van der Waals surface area contributed by atoms with Gasteiger partial charge in [-0.25, -0.2) is 4.39 Å². The zero-order valence-corrected chi connectivity index (χ0v) is 13.3. The van der Waals surface area contributed by atoms with Gasteiger partial charge in [-0.3, -0.25) is 0 Å². The fraction of sp³-hybridized carbons (Fsp3) is 0.667. The minimum absolute atomic E-state index is 0.0533.